The third-order valence-electron chi connectivity index (χ3n) is 5.81. The number of fused-ring (bicyclic) bond motifs is 2. The van der Waals surface area contributed by atoms with E-state index in [4.69, 9.17) is 0 Å². The van der Waals surface area contributed by atoms with Gasteiger partial charge in [-0.15, -0.1) is 0 Å². The van der Waals surface area contributed by atoms with Crippen LogP contribution in [-0.2, 0) is 15.4 Å². The molecule has 0 atom stereocenters. The smallest absolute Gasteiger partial charge is 0.175 e. The second kappa shape index (κ2) is 8.79. The fourth-order valence-electron chi connectivity index (χ4n) is 3.83. The second-order valence-electron chi connectivity index (χ2n) is 9.17. The molecule has 3 aromatic heterocycles. The molecule has 3 heterocycles. The number of nitrogens with one attached hydrogen (secondary N) is 2. The first kappa shape index (κ1) is 23.5. The van der Waals surface area contributed by atoms with Crippen molar-refractivity contribution in [2.75, 3.05) is 11.6 Å². The summed E-state index contributed by atoms with van der Waals surface area (Å²) < 4.78 is 23.4. The van der Waals surface area contributed by atoms with Crippen molar-refractivity contribution >= 4 is 43.0 Å². The standard InChI is InChI=1S/C28H24N4O3S/c1-28(2,33)26-15-19-6-4-18(14-25(19)32-26)5-11-24-23-16-27(30-17-20(23)12-13-29-24)31-21-7-9-22(10-8-21)36(3,34)35/h4,6-10,12-17,32-33H,1-3H3,(H,30,31). The summed E-state index contributed by atoms with van der Waals surface area (Å²) in [4.78, 5) is 12.5. The number of hydrogen-bond acceptors (Lipinski definition) is 6. The lowest BCUT2D eigenvalue weighted by atomic mass is 10.1. The lowest BCUT2D eigenvalue weighted by Gasteiger charge is -2.14. The number of sulfone groups is 1. The Hall–Kier alpha value is -4.19. The average molecular weight is 497 g/mol. The van der Waals surface area contributed by atoms with Crippen LogP contribution in [0.2, 0.25) is 0 Å². The number of pyridine rings is 2. The largest absolute Gasteiger partial charge is 0.384 e. The van der Waals surface area contributed by atoms with Crippen LogP contribution in [-0.4, -0.2) is 34.7 Å². The van der Waals surface area contributed by atoms with Gasteiger partial charge >= 0.3 is 0 Å². The number of rotatable bonds is 4. The van der Waals surface area contributed by atoms with Crippen LogP contribution in [0.5, 0.6) is 0 Å². The monoisotopic (exact) mass is 496 g/mol. The molecule has 7 nitrogen and oxygen atoms in total. The zero-order valence-corrected chi connectivity index (χ0v) is 20.8. The zero-order chi connectivity index (χ0) is 25.5. The highest BCUT2D eigenvalue weighted by Crippen LogP contribution is 2.25. The van der Waals surface area contributed by atoms with E-state index in [0.717, 1.165) is 38.6 Å². The fourth-order valence-corrected chi connectivity index (χ4v) is 4.46. The van der Waals surface area contributed by atoms with Crippen LogP contribution in [0.1, 0.15) is 30.8 Å². The molecular weight excluding hydrogens is 472 g/mol. The number of nitrogens with zero attached hydrogens (tertiary/aromatic N) is 2. The van der Waals surface area contributed by atoms with Gasteiger partial charge in [0.05, 0.1) is 10.5 Å². The van der Waals surface area contributed by atoms with Gasteiger partial charge in [0, 0.05) is 51.9 Å². The normalized spacial score (nSPS) is 11.9. The summed E-state index contributed by atoms with van der Waals surface area (Å²) in [7, 11) is -3.25. The van der Waals surface area contributed by atoms with Crippen LogP contribution in [0.25, 0.3) is 21.7 Å². The van der Waals surface area contributed by atoms with E-state index in [1.54, 1.807) is 50.5 Å². The van der Waals surface area contributed by atoms with Crippen molar-refractivity contribution in [3.05, 3.63) is 90.0 Å². The zero-order valence-electron chi connectivity index (χ0n) is 20.0. The molecule has 0 aliphatic heterocycles. The Bertz CT molecular complexity index is 1770. The van der Waals surface area contributed by atoms with Gasteiger partial charge in [-0.3, -0.25) is 0 Å². The molecule has 0 fully saturated rings. The predicted molar refractivity (Wildman–Crippen MR) is 142 cm³/mol. The van der Waals surface area contributed by atoms with Gasteiger partial charge in [0.25, 0.3) is 0 Å². The summed E-state index contributed by atoms with van der Waals surface area (Å²) in [6.07, 6.45) is 4.63. The lowest BCUT2D eigenvalue weighted by Crippen LogP contribution is -2.15. The van der Waals surface area contributed by atoms with Crippen LogP contribution < -0.4 is 5.32 Å². The first-order valence-electron chi connectivity index (χ1n) is 11.3. The highest BCUT2D eigenvalue weighted by Gasteiger charge is 2.18. The van der Waals surface area contributed by atoms with Gasteiger partial charge in [-0.1, -0.05) is 12.0 Å². The van der Waals surface area contributed by atoms with Gasteiger partial charge in [0.15, 0.2) is 9.84 Å². The Morgan fingerprint density at radius 2 is 1.72 bits per heavy atom. The third-order valence-corrected chi connectivity index (χ3v) is 6.94. The Kier molecular flexibility index (Phi) is 5.75. The molecule has 0 aliphatic carbocycles. The van der Waals surface area contributed by atoms with E-state index in [9.17, 15) is 13.5 Å². The van der Waals surface area contributed by atoms with Crippen LogP contribution >= 0.6 is 0 Å². The summed E-state index contributed by atoms with van der Waals surface area (Å²) >= 11 is 0. The number of aliphatic hydroxyl groups is 1. The molecule has 5 rings (SSSR count). The maximum absolute atomic E-state index is 11.7. The first-order chi connectivity index (χ1) is 17.1. The molecule has 36 heavy (non-hydrogen) atoms. The maximum atomic E-state index is 11.7. The Morgan fingerprint density at radius 3 is 2.44 bits per heavy atom. The summed E-state index contributed by atoms with van der Waals surface area (Å²) in [5.74, 6) is 6.96. The molecular formula is C28H24N4O3S. The molecule has 0 spiro atoms. The molecule has 2 aromatic carbocycles. The highest BCUT2D eigenvalue weighted by atomic mass is 32.2. The van der Waals surface area contributed by atoms with E-state index in [1.165, 1.54) is 6.26 Å². The quantitative estimate of drug-likeness (QED) is 0.306. The number of aromatic nitrogens is 3. The molecule has 0 saturated heterocycles. The average Bonchev–Trinajstić information content (AvgIpc) is 3.27. The SMILES string of the molecule is CC(C)(O)c1cc2ccc(C#Cc3nccc4cnc(Nc5ccc(S(C)(=O)=O)cc5)cc34)cc2[nH]1. The van der Waals surface area contributed by atoms with Gasteiger partial charge in [0.1, 0.15) is 11.5 Å². The number of benzene rings is 2. The molecule has 0 bridgehead atoms. The molecule has 8 heteroatoms. The van der Waals surface area contributed by atoms with E-state index in [2.05, 4.69) is 32.1 Å². The number of anilines is 2. The molecule has 5 aromatic rings. The third kappa shape index (κ3) is 4.93. The molecule has 0 saturated carbocycles. The second-order valence-corrected chi connectivity index (χ2v) is 11.2. The van der Waals surface area contributed by atoms with Gasteiger partial charge in [-0.2, -0.15) is 0 Å². The minimum Gasteiger partial charge on any atom is -0.384 e. The number of hydrogen-bond donors (Lipinski definition) is 3. The molecule has 3 N–H and O–H groups in total. The topological polar surface area (TPSA) is 108 Å². The van der Waals surface area contributed by atoms with Crippen LogP contribution in [0.3, 0.4) is 0 Å². The van der Waals surface area contributed by atoms with Gasteiger partial charge in [-0.05, 0) is 79.8 Å². The first-order valence-corrected chi connectivity index (χ1v) is 13.1. The molecule has 0 amide bonds. The minimum absolute atomic E-state index is 0.259. The summed E-state index contributed by atoms with van der Waals surface area (Å²) in [5.41, 5.74) is 2.86. The summed E-state index contributed by atoms with van der Waals surface area (Å²) in [6, 6.07) is 18.1. The Balaban J connectivity index is 1.45. The molecule has 0 aliphatic rings. The van der Waals surface area contributed by atoms with E-state index in [0.29, 0.717) is 11.5 Å². The van der Waals surface area contributed by atoms with Gasteiger partial charge in [-0.25, -0.2) is 18.4 Å². The van der Waals surface area contributed by atoms with Crippen molar-refractivity contribution in [2.45, 2.75) is 24.3 Å². The predicted octanol–water partition coefficient (Wildman–Crippen LogP) is 4.89. The van der Waals surface area contributed by atoms with Crippen molar-refractivity contribution < 1.29 is 13.5 Å². The number of aromatic amines is 1. The van der Waals surface area contributed by atoms with E-state index < -0.39 is 15.4 Å². The van der Waals surface area contributed by atoms with E-state index >= 15 is 0 Å². The Morgan fingerprint density at radius 1 is 0.944 bits per heavy atom. The fraction of sp³-hybridized carbons (Fsp3) is 0.143. The van der Waals surface area contributed by atoms with Crippen LogP contribution in [0.15, 0.2) is 78.0 Å². The molecule has 0 radical (unpaired) electrons. The van der Waals surface area contributed by atoms with Crippen molar-refractivity contribution in [3.8, 4) is 11.8 Å². The van der Waals surface area contributed by atoms with Crippen molar-refractivity contribution in [1.82, 2.24) is 15.0 Å². The summed E-state index contributed by atoms with van der Waals surface area (Å²) in [6.45, 7) is 3.49. The van der Waals surface area contributed by atoms with Gasteiger partial charge < -0.3 is 15.4 Å². The minimum atomic E-state index is -3.25. The lowest BCUT2D eigenvalue weighted by molar-refractivity contribution is 0.0747. The highest BCUT2D eigenvalue weighted by molar-refractivity contribution is 7.90. The summed E-state index contributed by atoms with van der Waals surface area (Å²) in [5, 5.41) is 16.2. The Labute approximate surface area is 209 Å². The van der Waals surface area contributed by atoms with Crippen molar-refractivity contribution in [3.63, 3.8) is 0 Å². The number of H-pyrrole nitrogens is 1. The van der Waals surface area contributed by atoms with E-state index in [1.807, 2.05) is 36.4 Å². The molecule has 180 valence electrons. The van der Waals surface area contributed by atoms with Gasteiger partial charge in [0.2, 0.25) is 0 Å². The van der Waals surface area contributed by atoms with Crippen molar-refractivity contribution in [1.29, 1.82) is 0 Å². The van der Waals surface area contributed by atoms with Crippen LogP contribution in [0, 0.1) is 11.8 Å². The van der Waals surface area contributed by atoms with Crippen LogP contribution in [0.4, 0.5) is 11.5 Å². The van der Waals surface area contributed by atoms with Crippen molar-refractivity contribution in [2.24, 2.45) is 0 Å². The van der Waals surface area contributed by atoms with E-state index in [-0.39, 0.29) is 4.90 Å². The molecule has 0 unspecified atom stereocenters. The maximum Gasteiger partial charge on any atom is 0.175 e.